The lowest BCUT2D eigenvalue weighted by atomic mass is 10.1. The van der Waals surface area contributed by atoms with Crippen LogP contribution >= 0.6 is 11.8 Å². The molecule has 3 aromatic carbocycles. The molecule has 32 heavy (non-hydrogen) atoms. The van der Waals surface area contributed by atoms with Gasteiger partial charge in [-0.15, -0.1) is 11.8 Å². The molecule has 0 aliphatic carbocycles. The molecule has 0 N–H and O–H groups in total. The average molecular weight is 444 g/mol. The number of esters is 1. The van der Waals surface area contributed by atoms with Gasteiger partial charge >= 0.3 is 5.97 Å². The zero-order valence-electron chi connectivity index (χ0n) is 18.4. The number of ether oxygens (including phenoxy) is 2. The normalized spacial score (nSPS) is 10.8. The monoisotopic (exact) mass is 443 g/mol. The first kappa shape index (κ1) is 21.9. The van der Waals surface area contributed by atoms with E-state index >= 15 is 0 Å². The van der Waals surface area contributed by atoms with Crippen LogP contribution in [0, 0.1) is 13.8 Å². The SMILES string of the molecule is COC(=O)c1c(SCc2ccccc2)nc2ccccc2c1OCc1ccc(C)cc1C. The molecule has 1 aromatic heterocycles. The van der Waals surface area contributed by atoms with Crippen LogP contribution in [0.5, 0.6) is 5.75 Å². The number of rotatable bonds is 7. The van der Waals surface area contributed by atoms with Gasteiger partial charge in [-0.25, -0.2) is 9.78 Å². The highest BCUT2D eigenvalue weighted by Crippen LogP contribution is 2.37. The van der Waals surface area contributed by atoms with Crippen LogP contribution in [0.4, 0.5) is 0 Å². The summed E-state index contributed by atoms with van der Waals surface area (Å²) in [5.41, 5.74) is 5.74. The molecule has 5 heteroatoms. The summed E-state index contributed by atoms with van der Waals surface area (Å²) >= 11 is 1.51. The van der Waals surface area contributed by atoms with Gasteiger partial charge in [0.05, 0.1) is 12.6 Å². The maximum Gasteiger partial charge on any atom is 0.344 e. The Morgan fingerprint density at radius 2 is 1.72 bits per heavy atom. The summed E-state index contributed by atoms with van der Waals surface area (Å²) in [7, 11) is 1.39. The largest absolute Gasteiger partial charge is 0.487 e. The van der Waals surface area contributed by atoms with Crippen molar-refractivity contribution in [1.29, 1.82) is 0 Å². The number of hydrogen-bond donors (Lipinski definition) is 0. The summed E-state index contributed by atoms with van der Waals surface area (Å²) in [4.78, 5) is 17.7. The molecule has 0 saturated heterocycles. The molecule has 0 fully saturated rings. The van der Waals surface area contributed by atoms with Crippen molar-refractivity contribution in [3.8, 4) is 5.75 Å². The van der Waals surface area contributed by atoms with Crippen molar-refractivity contribution in [1.82, 2.24) is 4.98 Å². The number of aromatic nitrogens is 1. The van der Waals surface area contributed by atoms with E-state index in [0.29, 0.717) is 28.7 Å². The summed E-state index contributed by atoms with van der Waals surface area (Å²) in [6, 6.07) is 24.1. The first-order valence-corrected chi connectivity index (χ1v) is 11.4. The van der Waals surface area contributed by atoms with Gasteiger partial charge in [-0.2, -0.15) is 0 Å². The van der Waals surface area contributed by atoms with Crippen molar-refractivity contribution in [3.63, 3.8) is 0 Å². The standard InChI is InChI=1S/C27H25NO3S/c1-18-13-14-21(19(2)15-18)16-31-25-22-11-7-8-12-23(22)28-26(24(25)27(29)30-3)32-17-20-9-5-4-6-10-20/h4-15H,16-17H2,1-3H3. The third-order valence-corrected chi connectivity index (χ3v) is 6.34. The maximum absolute atomic E-state index is 12.9. The van der Waals surface area contributed by atoms with E-state index in [-0.39, 0.29) is 0 Å². The predicted octanol–water partition coefficient (Wildman–Crippen LogP) is 6.51. The van der Waals surface area contributed by atoms with E-state index in [0.717, 1.165) is 27.6 Å². The number of carbonyl (C=O) groups excluding carboxylic acids is 1. The third kappa shape index (κ3) is 4.78. The Bertz CT molecular complexity index is 1250. The Labute approximate surface area is 192 Å². The Morgan fingerprint density at radius 1 is 0.969 bits per heavy atom. The molecule has 4 aromatic rings. The fraction of sp³-hybridized carbons (Fsp3) is 0.185. The van der Waals surface area contributed by atoms with Gasteiger partial charge in [-0.05, 0) is 42.7 Å². The van der Waals surface area contributed by atoms with Crippen LogP contribution in [0.2, 0.25) is 0 Å². The zero-order chi connectivity index (χ0) is 22.5. The average Bonchev–Trinajstić information content (AvgIpc) is 2.82. The summed E-state index contributed by atoms with van der Waals surface area (Å²) in [6.07, 6.45) is 0. The summed E-state index contributed by atoms with van der Waals surface area (Å²) in [5, 5.41) is 1.40. The second kappa shape index (κ2) is 9.88. The zero-order valence-corrected chi connectivity index (χ0v) is 19.2. The molecule has 0 spiro atoms. The number of fused-ring (bicyclic) bond motifs is 1. The second-order valence-corrected chi connectivity index (χ2v) is 8.59. The molecule has 0 radical (unpaired) electrons. The van der Waals surface area contributed by atoms with E-state index in [1.54, 1.807) is 0 Å². The molecule has 0 saturated carbocycles. The third-order valence-electron chi connectivity index (χ3n) is 5.29. The van der Waals surface area contributed by atoms with Crippen molar-refractivity contribution >= 4 is 28.6 Å². The predicted molar refractivity (Wildman–Crippen MR) is 129 cm³/mol. The summed E-state index contributed by atoms with van der Waals surface area (Å²) in [6.45, 7) is 4.49. The van der Waals surface area contributed by atoms with Crippen molar-refractivity contribution < 1.29 is 14.3 Å². The van der Waals surface area contributed by atoms with E-state index < -0.39 is 5.97 Å². The minimum Gasteiger partial charge on any atom is -0.487 e. The Kier molecular flexibility index (Phi) is 6.76. The van der Waals surface area contributed by atoms with Gasteiger partial charge in [0, 0.05) is 11.1 Å². The maximum atomic E-state index is 12.9. The van der Waals surface area contributed by atoms with Crippen LogP contribution in [0.3, 0.4) is 0 Å². The summed E-state index contributed by atoms with van der Waals surface area (Å²) < 4.78 is 11.5. The molecule has 0 atom stereocenters. The highest BCUT2D eigenvalue weighted by molar-refractivity contribution is 7.98. The molecule has 0 unspecified atom stereocenters. The fourth-order valence-corrected chi connectivity index (χ4v) is 4.56. The molecule has 1 heterocycles. The van der Waals surface area contributed by atoms with Crippen molar-refractivity contribution in [3.05, 3.63) is 101 Å². The first-order chi connectivity index (χ1) is 15.6. The number of aryl methyl sites for hydroxylation is 2. The number of thioether (sulfide) groups is 1. The lowest BCUT2D eigenvalue weighted by molar-refractivity contribution is 0.0590. The van der Waals surface area contributed by atoms with Gasteiger partial charge in [0.25, 0.3) is 0 Å². The summed E-state index contributed by atoms with van der Waals surface area (Å²) in [5.74, 6) is 0.750. The molecule has 0 aliphatic heterocycles. The highest BCUT2D eigenvalue weighted by Gasteiger charge is 2.24. The molecule has 4 nitrogen and oxygen atoms in total. The molecular formula is C27H25NO3S. The number of benzene rings is 3. The van der Waals surface area contributed by atoms with Crippen LogP contribution in [0.15, 0.2) is 77.8 Å². The molecular weight excluding hydrogens is 418 g/mol. The Hall–Kier alpha value is -3.31. The second-order valence-electron chi connectivity index (χ2n) is 7.62. The van der Waals surface area contributed by atoms with Gasteiger partial charge in [-0.1, -0.05) is 66.2 Å². The van der Waals surface area contributed by atoms with Gasteiger partial charge in [-0.3, -0.25) is 0 Å². The quantitative estimate of drug-likeness (QED) is 0.241. The minimum atomic E-state index is -0.450. The topological polar surface area (TPSA) is 48.4 Å². The first-order valence-electron chi connectivity index (χ1n) is 10.4. The van der Waals surface area contributed by atoms with Crippen LogP contribution in [0.1, 0.15) is 32.6 Å². The number of nitrogens with zero attached hydrogens (tertiary/aromatic N) is 1. The number of para-hydroxylation sites is 1. The lowest BCUT2D eigenvalue weighted by Gasteiger charge is -2.17. The van der Waals surface area contributed by atoms with Gasteiger partial charge in [0.1, 0.15) is 22.9 Å². The van der Waals surface area contributed by atoms with Crippen LogP contribution in [-0.4, -0.2) is 18.1 Å². The van der Waals surface area contributed by atoms with Crippen LogP contribution < -0.4 is 4.74 Å². The van der Waals surface area contributed by atoms with E-state index in [4.69, 9.17) is 14.5 Å². The van der Waals surface area contributed by atoms with Crippen LogP contribution in [-0.2, 0) is 17.1 Å². The molecule has 162 valence electrons. The van der Waals surface area contributed by atoms with Gasteiger partial charge in [0.15, 0.2) is 0 Å². The van der Waals surface area contributed by atoms with E-state index in [2.05, 4.69) is 44.2 Å². The Balaban J connectivity index is 1.76. The number of carbonyl (C=O) groups is 1. The molecule has 0 bridgehead atoms. The van der Waals surface area contributed by atoms with Crippen molar-refractivity contribution in [2.75, 3.05) is 7.11 Å². The number of hydrogen-bond acceptors (Lipinski definition) is 5. The van der Waals surface area contributed by atoms with E-state index in [1.807, 2.05) is 42.5 Å². The van der Waals surface area contributed by atoms with E-state index in [9.17, 15) is 4.79 Å². The van der Waals surface area contributed by atoms with Crippen LogP contribution in [0.25, 0.3) is 10.9 Å². The van der Waals surface area contributed by atoms with Crippen molar-refractivity contribution in [2.45, 2.75) is 31.2 Å². The Morgan fingerprint density at radius 3 is 2.47 bits per heavy atom. The smallest absolute Gasteiger partial charge is 0.344 e. The van der Waals surface area contributed by atoms with Crippen molar-refractivity contribution in [2.24, 2.45) is 0 Å². The van der Waals surface area contributed by atoms with E-state index in [1.165, 1.54) is 24.4 Å². The number of pyridine rings is 1. The fourth-order valence-electron chi connectivity index (χ4n) is 3.58. The minimum absolute atomic E-state index is 0.354. The molecule has 0 amide bonds. The van der Waals surface area contributed by atoms with Gasteiger partial charge < -0.3 is 9.47 Å². The molecule has 0 aliphatic rings. The highest BCUT2D eigenvalue weighted by atomic mass is 32.2. The molecule has 4 rings (SSSR count). The number of methoxy groups -OCH3 is 1. The van der Waals surface area contributed by atoms with Gasteiger partial charge in [0.2, 0.25) is 0 Å². The lowest BCUT2D eigenvalue weighted by Crippen LogP contribution is -2.10.